The predicted octanol–water partition coefficient (Wildman–Crippen LogP) is 3.46. The van der Waals surface area contributed by atoms with Crippen LogP contribution < -0.4 is 4.74 Å². The van der Waals surface area contributed by atoms with Crippen LogP contribution >= 0.6 is 0 Å². The standard InChI is InChI=1S/C24H34N4O3/c1-29-16-19-4-2-5-21(14-19)30-18-24(8-3-9-24)17-28-12-10-27(11-13-28)15-22-25-23(31-26-22)20-6-7-20/h2,4-5,14,20H,3,6-13,15-18H2,1H3. The van der Waals surface area contributed by atoms with E-state index in [-0.39, 0.29) is 0 Å². The molecule has 2 saturated carbocycles. The Morgan fingerprint density at radius 1 is 1.13 bits per heavy atom. The summed E-state index contributed by atoms with van der Waals surface area (Å²) in [6, 6.07) is 8.28. The van der Waals surface area contributed by atoms with Crippen molar-refractivity contribution in [3.63, 3.8) is 0 Å². The number of rotatable bonds is 10. The molecule has 0 radical (unpaired) electrons. The van der Waals surface area contributed by atoms with E-state index in [1.807, 2.05) is 6.07 Å². The number of benzene rings is 1. The lowest BCUT2D eigenvalue weighted by molar-refractivity contribution is 0.00101. The molecule has 0 atom stereocenters. The zero-order valence-corrected chi connectivity index (χ0v) is 18.6. The first kappa shape index (κ1) is 20.9. The molecule has 7 heteroatoms. The molecule has 3 aliphatic rings. The fourth-order valence-electron chi connectivity index (χ4n) is 4.76. The molecule has 0 unspecified atom stereocenters. The molecule has 2 heterocycles. The average Bonchev–Trinajstić information content (AvgIpc) is 3.51. The molecule has 0 spiro atoms. The van der Waals surface area contributed by atoms with Gasteiger partial charge in [-0.05, 0) is 43.4 Å². The van der Waals surface area contributed by atoms with Crippen molar-refractivity contribution in [1.29, 1.82) is 0 Å². The highest BCUT2D eigenvalue weighted by atomic mass is 16.5. The van der Waals surface area contributed by atoms with Gasteiger partial charge in [-0.25, -0.2) is 0 Å². The molecule has 1 aromatic carbocycles. The van der Waals surface area contributed by atoms with Crippen molar-refractivity contribution >= 4 is 0 Å². The number of nitrogens with zero attached hydrogens (tertiary/aromatic N) is 4. The summed E-state index contributed by atoms with van der Waals surface area (Å²) in [7, 11) is 1.73. The van der Waals surface area contributed by atoms with E-state index in [0.29, 0.717) is 17.9 Å². The van der Waals surface area contributed by atoms with E-state index in [2.05, 4.69) is 38.1 Å². The number of hydrogen-bond acceptors (Lipinski definition) is 7. The van der Waals surface area contributed by atoms with E-state index < -0.39 is 0 Å². The number of aromatic nitrogens is 2. The van der Waals surface area contributed by atoms with Crippen molar-refractivity contribution in [3.05, 3.63) is 41.5 Å². The van der Waals surface area contributed by atoms with E-state index in [1.165, 1.54) is 32.1 Å². The van der Waals surface area contributed by atoms with E-state index in [9.17, 15) is 0 Å². The van der Waals surface area contributed by atoms with Gasteiger partial charge in [-0.15, -0.1) is 0 Å². The minimum atomic E-state index is 0.298. The van der Waals surface area contributed by atoms with Crippen LogP contribution in [0.1, 0.15) is 55.3 Å². The van der Waals surface area contributed by atoms with Crippen LogP contribution in [0.2, 0.25) is 0 Å². The summed E-state index contributed by atoms with van der Waals surface area (Å²) in [5, 5.41) is 4.18. The van der Waals surface area contributed by atoms with Crippen LogP contribution in [-0.2, 0) is 17.9 Å². The molecule has 0 N–H and O–H groups in total. The van der Waals surface area contributed by atoms with E-state index in [0.717, 1.165) is 68.9 Å². The van der Waals surface area contributed by atoms with Gasteiger partial charge in [0.2, 0.25) is 5.89 Å². The molecule has 0 bridgehead atoms. The fourth-order valence-corrected chi connectivity index (χ4v) is 4.76. The molecule has 0 amide bonds. The lowest BCUT2D eigenvalue weighted by Gasteiger charge is -2.46. The van der Waals surface area contributed by atoms with Crippen LogP contribution in [0.15, 0.2) is 28.8 Å². The molecule has 1 saturated heterocycles. The van der Waals surface area contributed by atoms with Crippen molar-refractivity contribution < 1.29 is 14.0 Å². The molecule has 168 valence electrons. The Morgan fingerprint density at radius 2 is 1.94 bits per heavy atom. The van der Waals surface area contributed by atoms with Crippen LogP contribution in [0.5, 0.6) is 5.75 Å². The molecule has 1 aliphatic heterocycles. The number of methoxy groups -OCH3 is 1. The van der Waals surface area contributed by atoms with Crippen molar-refractivity contribution in [1.82, 2.24) is 19.9 Å². The van der Waals surface area contributed by atoms with Crippen LogP contribution in [0.3, 0.4) is 0 Å². The van der Waals surface area contributed by atoms with Gasteiger partial charge in [0, 0.05) is 51.2 Å². The minimum Gasteiger partial charge on any atom is -0.493 e. The second-order valence-electron chi connectivity index (χ2n) is 9.60. The summed E-state index contributed by atoms with van der Waals surface area (Å²) in [5.41, 5.74) is 1.45. The molecule has 1 aromatic heterocycles. The Labute approximate surface area is 184 Å². The molecule has 7 nitrogen and oxygen atoms in total. The van der Waals surface area contributed by atoms with Crippen LogP contribution in [0.4, 0.5) is 0 Å². The highest BCUT2D eigenvalue weighted by molar-refractivity contribution is 5.28. The first-order valence-electron chi connectivity index (χ1n) is 11.7. The Kier molecular flexibility index (Phi) is 6.25. The van der Waals surface area contributed by atoms with Crippen molar-refractivity contribution in [2.24, 2.45) is 5.41 Å². The molecular formula is C24H34N4O3. The third-order valence-corrected chi connectivity index (χ3v) is 6.97. The summed E-state index contributed by atoms with van der Waals surface area (Å²) in [4.78, 5) is 9.65. The highest BCUT2D eigenvalue weighted by Gasteiger charge is 2.40. The van der Waals surface area contributed by atoms with Gasteiger partial charge in [-0.2, -0.15) is 4.98 Å². The summed E-state index contributed by atoms with van der Waals surface area (Å²) >= 11 is 0. The van der Waals surface area contributed by atoms with Crippen molar-refractivity contribution in [3.8, 4) is 5.75 Å². The van der Waals surface area contributed by atoms with Gasteiger partial charge in [-0.3, -0.25) is 4.90 Å². The average molecular weight is 427 g/mol. The topological polar surface area (TPSA) is 63.9 Å². The van der Waals surface area contributed by atoms with Crippen LogP contribution in [0.25, 0.3) is 0 Å². The SMILES string of the molecule is COCc1cccc(OCC2(CN3CCN(Cc4noc(C5CC5)n4)CC3)CCC2)c1. The molecule has 5 rings (SSSR count). The van der Waals surface area contributed by atoms with Crippen LogP contribution in [-0.4, -0.2) is 66.4 Å². The maximum atomic E-state index is 6.25. The van der Waals surface area contributed by atoms with Gasteiger partial charge in [-0.1, -0.05) is 23.7 Å². The highest BCUT2D eigenvalue weighted by Crippen LogP contribution is 2.42. The first-order valence-corrected chi connectivity index (χ1v) is 11.7. The monoisotopic (exact) mass is 426 g/mol. The van der Waals surface area contributed by atoms with Crippen molar-refractivity contribution in [2.75, 3.05) is 46.4 Å². The van der Waals surface area contributed by atoms with E-state index in [1.54, 1.807) is 7.11 Å². The largest absolute Gasteiger partial charge is 0.493 e. The fraction of sp³-hybridized carbons (Fsp3) is 0.667. The molecule has 2 aromatic rings. The first-order chi connectivity index (χ1) is 15.2. The summed E-state index contributed by atoms with van der Waals surface area (Å²) in [6.07, 6.45) is 6.23. The van der Waals surface area contributed by atoms with Gasteiger partial charge in [0.15, 0.2) is 5.82 Å². The van der Waals surface area contributed by atoms with Gasteiger partial charge in [0.1, 0.15) is 5.75 Å². The smallest absolute Gasteiger partial charge is 0.229 e. The lowest BCUT2D eigenvalue weighted by atomic mass is 9.69. The minimum absolute atomic E-state index is 0.298. The predicted molar refractivity (Wildman–Crippen MR) is 117 cm³/mol. The van der Waals surface area contributed by atoms with Gasteiger partial charge >= 0.3 is 0 Å². The van der Waals surface area contributed by atoms with E-state index in [4.69, 9.17) is 14.0 Å². The third-order valence-electron chi connectivity index (χ3n) is 6.97. The Bertz CT molecular complexity index is 854. The summed E-state index contributed by atoms with van der Waals surface area (Å²) in [5.74, 6) is 3.17. The molecule has 2 aliphatic carbocycles. The second kappa shape index (κ2) is 9.27. The Hall–Kier alpha value is -1.96. The zero-order chi connectivity index (χ0) is 21.1. The Balaban J connectivity index is 1.09. The summed E-state index contributed by atoms with van der Waals surface area (Å²) < 4.78 is 16.9. The molecule has 3 fully saturated rings. The second-order valence-corrected chi connectivity index (χ2v) is 9.60. The lowest BCUT2D eigenvalue weighted by Crippen LogP contribution is -2.52. The van der Waals surface area contributed by atoms with Gasteiger partial charge in [0.05, 0.1) is 19.8 Å². The Morgan fingerprint density at radius 3 is 2.65 bits per heavy atom. The third kappa shape index (κ3) is 5.27. The number of piperazine rings is 1. The van der Waals surface area contributed by atoms with E-state index >= 15 is 0 Å². The van der Waals surface area contributed by atoms with Gasteiger partial charge in [0.25, 0.3) is 0 Å². The maximum Gasteiger partial charge on any atom is 0.229 e. The number of hydrogen-bond donors (Lipinski definition) is 0. The zero-order valence-electron chi connectivity index (χ0n) is 18.6. The summed E-state index contributed by atoms with van der Waals surface area (Å²) in [6.45, 7) is 7.67. The molecule has 31 heavy (non-hydrogen) atoms. The maximum absolute atomic E-state index is 6.25. The molecular weight excluding hydrogens is 392 g/mol. The number of ether oxygens (including phenoxy) is 2. The van der Waals surface area contributed by atoms with Gasteiger partial charge < -0.3 is 18.9 Å². The quantitative estimate of drug-likeness (QED) is 0.576. The normalized spacial score (nSPS) is 21.7. The van der Waals surface area contributed by atoms with Crippen molar-refractivity contribution in [2.45, 2.75) is 51.2 Å². The van der Waals surface area contributed by atoms with Crippen LogP contribution in [0, 0.1) is 5.41 Å².